The van der Waals surface area contributed by atoms with Gasteiger partial charge in [-0.2, -0.15) is 0 Å². The maximum absolute atomic E-state index is 13.3. The van der Waals surface area contributed by atoms with Gasteiger partial charge in [0.2, 0.25) is 11.7 Å². The molecule has 196 valence electrons. The summed E-state index contributed by atoms with van der Waals surface area (Å²) in [4.78, 5) is 41.1. The number of carbonyl (C=O) groups excluding carboxylic acids is 3. The summed E-state index contributed by atoms with van der Waals surface area (Å²) < 4.78 is 18.7. The minimum Gasteiger partial charge on any atom is -0.381 e. The third kappa shape index (κ3) is 6.85. The van der Waals surface area contributed by atoms with Crippen LogP contribution in [-0.2, 0) is 25.7 Å². The van der Waals surface area contributed by atoms with Crippen molar-refractivity contribution in [3.63, 3.8) is 0 Å². The van der Waals surface area contributed by atoms with E-state index in [4.69, 9.17) is 4.74 Å². The lowest BCUT2D eigenvalue weighted by molar-refractivity contribution is -0.142. The van der Waals surface area contributed by atoms with Gasteiger partial charge in [0.15, 0.2) is 5.17 Å². The Morgan fingerprint density at radius 1 is 1.11 bits per heavy atom. The van der Waals surface area contributed by atoms with E-state index in [0.717, 1.165) is 43.4 Å². The van der Waals surface area contributed by atoms with Crippen LogP contribution in [-0.4, -0.2) is 58.7 Å². The van der Waals surface area contributed by atoms with Gasteiger partial charge >= 0.3 is 5.91 Å². The average Bonchev–Trinajstić information content (AvgIpc) is 3.26. The van der Waals surface area contributed by atoms with Crippen molar-refractivity contribution in [2.75, 3.05) is 19.0 Å². The summed E-state index contributed by atoms with van der Waals surface area (Å²) in [5, 5.41) is 7.78. The summed E-state index contributed by atoms with van der Waals surface area (Å²) in [6.45, 7) is 3.57. The SMILES string of the molecule is C[C@@H]1CSC(=NNC(=O)C(=O)[C@H](NC(=O)C2CCCCC2)C2CCOCC2)N1Cc1ccc(F)cc1. The van der Waals surface area contributed by atoms with Gasteiger partial charge in [-0.3, -0.25) is 14.4 Å². The maximum Gasteiger partial charge on any atom is 0.309 e. The number of carbonyl (C=O) groups is 3. The number of amides is 2. The molecule has 4 rings (SSSR count). The van der Waals surface area contributed by atoms with Gasteiger partial charge < -0.3 is 15.0 Å². The zero-order valence-electron chi connectivity index (χ0n) is 20.7. The number of rotatable bonds is 8. The molecule has 0 aromatic heterocycles. The molecule has 2 N–H and O–H groups in total. The minimum atomic E-state index is -0.881. The first kappa shape index (κ1) is 26.6. The van der Waals surface area contributed by atoms with Crippen LogP contribution in [0.3, 0.4) is 0 Å². The summed E-state index contributed by atoms with van der Waals surface area (Å²) in [7, 11) is 0. The highest BCUT2D eigenvalue weighted by atomic mass is 32.2. The molecule has 0 unspecified atom stereocenters. The molecule has 0 bridgehead atoms. The monoisotopic (exact) mass is 518 g/mol. The molecule has 1 aliphatic carbocycles. The molecule has 0 spiro atoms. The maximum atomic E-state index is 13.3. The first-order chi connectivity index (χ1) is 17.4. The Bertz CT molecular complexity index is 961. The third-order valence-corrected chi connectivity index (χ3v) is 8.50. The van der Waals surface area contributed by atoms with Crippen molar-refractivity contribution in [3.05, 3.63) is 35.6 Å². The number of hydrogen-bond acceptors (Lipinski definition) is 6. The number of hydrogen-bond donors (Lipinski definition) is 2. The predicted octanol–water partition coefficient (Wildman–Crippen LogP) is 3.21. The van der Waals surface area contributed by atoms with Crippen LogP contribution in [0, 0.1) is 17.7 Å². The van der Waals surface area contributed by atoms with Gasteiger partial charge in [-0.05, 0) is 56.2 Å². The molecule has 2 atom stereocenters. The van der Waals surface area contributed by atoms with Gasteiger partial charge in [-0.15, -0.1) is 5.10 Å². The van der Waals surface area contributed by atoms with E-state index in [-0.39, 0.29) is 29.6 Å². The molecular weight excluding hydrogens is 483 g/mol. The molecule has 2 amide bonds. The quantitative estimate of drug-likeness (QED) is 0.405. The molecule has 1 saturated carbocycles. The molecule has 3 aliphatic rings. The Labute approximate surface area is 215 Å². The van der Waals surface area contributed by atoms with Crippen LogP contribution >= 0.6 is 11.8 Å². The van der Waals surface area contributed by atoms with Crippen LogP contribution in [0.15, 0.2) is 29.4 Å². The molecule has 0 radical (unpaired) electrons. The fourth-order valence-electron chi connectivity index (χ4n) is 5.04. The molecule has 2 heterocycles. The molecule has 2 aliphatic heterocycles. The number of nitrogens with zero attached hydrogens (tertiary/aromatic N) is 2. The summed E-state index contributed by atoms with van der Waals surface area (Å²) in [6, 6.07) is 5.55. The zero-order chi connectivity index (χ0) is 25.5. The van der Waals surface area contributed by atoms with Gasteiger partial charge in [0, 0.05) is 37.5 Å². The lowest BCUT2D eigenvalue weighted by Gasteiger charge is -2.31. The number of hydrazone groups is 1. The van der Waals surface area contributed by atoms with Gasteiger partial charge in [-0.1, -0.05) is 43.2 Å². The topological polar surface area (TPSA) is 100 Å². The highest BCUT2D eigenvalue weighted by Gasteiger charge is 2.37. The van der Waals surface area contributed by atoms with Crippen molar-refractivity contribution in [2.45, 2.75) is 70.5 Å². The number of Topliss-reactive ketones (excluding diaryl/α,β-unsaturated/α-hetero) is 1. The van der Waals surface area contributed by atoms with E-state index in [1.54, 1.807) is 12.1 Å². The van der Waals surface area contributed by atoms with Crippen LogP contribution in [0.4, 0.5) is 4.39 Å². The van der Waals surface area contributed by atoms with E-state index < -0.39 is 17.7 Å². The second-order valence-electron chi connectivity index (χ2n) is 9.88. The summed E-state index contributed by atoms with van der Waals surface area (Å²) >= 11 is 1.49. The van der Waals surface area contributed by atoms with Crippen molar-refractivity contribution >= 4 is 34.5 Å². The molecule has 36 heavy (non-hydrogen) atoms. The lowest BCUT2D eigenvalue weighted by atomic mass is 9.85. The number of halogens is 1. The number of ketones is 1. The van der Waals surface area contributed by atoms with Gasteiger partial charge in [0.25, 0.3) is 0 Å². The number of benzene rings is 1. The molecule has 1 aromatic rings. The fraction of sp³-hybridized carbons (Fsp3) is 0.615. The van der Waals surface area contributed by atoms with Crippen LogP contribution in [0.25, 0.3) is 0 Å². The van der Waals surface area contributed by atoms with Crippen molar-refractivity contribution in [2.24, 2.45) is 16.9 Å². The van der Waals surface area contributed by atoms with E-state index in [2.05, 4.69) is 15.8 Å². The first-order valence-electron chi connectivity index (χ1n) is 12.9. The predicted molar refractivity (Wildman–Crippen MR) is 136 cm³/mol. The van der Waals surface area contributed by atoms with Crippen molar-refractivity contribution in [1.29, 1.82) is 0 Å². The summed E-state index contributed by atoms with van der Waals surface area (Å²) in [6.07, 6.45) is 6.01. The Morgan fingerprint density at radius 3 is 2.50 bits per heavy atom. The summed E-state index contributed by atoms with van der Waals surface area (Å²) in [5.41, 5.74) is 3.36. The Balaban J connectivity index is 1.41. The number of nitrogens with one attached hydrogen (secondary N) is 2. The fourth-order valence-corrected chi connectivity index (χ4v) is 6.13. The molecule has 2 saturated heterocycles. The minimum absolute atomic E-state index is 0.103. The molecule has 1 aromatic carbocycles. The molecule has 10 heteroatoms. The standard InChI is InChI=1S/C26H35FN4O4S/c1-17-16-36-26(31(17)15-18-7-9-21(27)10-8-18)30-29-25(34)23(32)22(19-11-13-35-14-12-19)28-24(33)20-5-3-2-4-6-20/h7-10,17,19-20,22H,2-6,11-16H2,1H3,(H,28,33)(H,29,34)/t17-,22-/m1/s1. The Hall–Kier alpha value is -2.46. The Kier molecular flexibility index (Phi) is 9.36. The van der Waals surface area contributed by atoms with Crippen molar-refractivity contribution in [1.82, 2.24) is 15.6 Å². The summed E-state index contributed by atoms with van der Waals surface area (Å²) in [5.74, 6) is -1.39. The van der Waals surface area contributed by atoms with Gasteiger partial charge in [0.1, 0.15) is 11.9 Å². The van der Waals surface area contributed by atoms with Crippen molar-refractivity contribution in [3.8, 4) is 0 Å². The number of thioether (sulfide) groups is 1. The first-order valence-corrected chi connectivity index (χ1v) is 13.8. The van der Waals surface area contributed by atoms with E-state index in [0.29, 0.717) is 37.8 Å². The van der Waals surface area contributed by atoms with Gasteiger partial charge in [-0.25, -0.2) is 9.82 Å². The molecular formula is C26H35FN4O4S. The van der Waals surface area contributed by atoms with Crippen LogP contribution in [0.5, 0.6) is 0 Å². The van der Waals surface area contributed by atoms with E-state index >= 15 is 0 Å². The third-order valence-electron chi connectivity index (χ3n) is 7.27. The average molecular weight is 519 g/mol. The lowest BCUT2D eigenvalue weighted by Crippen LogP contribution is -2.53. The second-order valence-corrected chi connectivity index (χ2v) is 10.9. The highest BCUT2D eigenvalue weighted by Crippen LogP contribution is 2.27. The van der Waals surface area contributed by atoms with Crippen LogP contribution < -0.4 is 10.7 Å². The van der Waals surface area contributed by atoms with Crippen molar-refractivity contribution < 1.29 is 23.5 Å². The Morgan fingerprint density at radius 2 is 1.81 bits per heavy atom. The largest absolute Gasteiger partial charge is 0.381 e. The second kappa shape index (κ2) is 12.7. The molecule has 8 nitrogen and oxygen atoms in total. The zero-order valence-corrected chi connectivity index (χ0v) is 21.5. The number of amidine groups is 1. The molecule has 3 fully saturated rings. The van der Waals surface area contributed by atoms with E-state index in [1.807, 2.05) is 11.8 Å². The van der Waals surface area contributed by atoms with E-state index in [1.165, 1.54) is 23.9 Å². The normalized spacial score (nSPS) is 23.4. The van der Waals surface area contributed by atoms with Crippen LogP contribution in [0.1, 0.15) is 57.4 Å². The van der Waals surface area contributed by atoms with E-state index in [9.17, 15) is 18.8 Å². The number of ether oxygens (including phenoxy) is 1. The smallest absolute Gasteiger partial charge is 0.309 e. The highest BCUT2D eigenvalue weighted by molar-refractivity contribution is 8.14. The van der Waals surface area contributed by atoms with Gasteiger partial charge in [0.05, 0.1) is 0 Å². The van der Waals surface area contributed by atoms with Crippen LogP contribution in [0.2, 0.25) is 0 Å².